The van der Waals surface area contributed by atoms with Crippen LogP contribution in [0.5, 0.6) is 0 Å². The van der Waals surface area contributed by atoms with E-state index < -0.39 is 9.84 Å². The number of ether oxygens (including phenoxy) is 1. The van der Waals surface area contributed by atoms with E-state index in [9.17, 15) is 22.8 Å². The highest BCUT2D eigenvalue weighted by atomic mass is 32.2. The molecule has 0 spiro atoms. The topological polar surface area (TPSA) is 121 Å². The monoisotopic (exact) mass is 641 g/mol. The maximum atomic E-state index is 13.4. The third kappa shape index (κ3) is 7.13. The molecule has 11 nitrogen and oxygen atoms in total. The van der Waals surface area contributed by atoms with E-state index in [1.807, 2.05) is 43.0 Å². The van der Waals surface area contributed by atoms with Crippen molar-refractivity contribution < 1.29 is 22.7 Å². The quantitative estimate of drug-likeness (QED) is 0.419. The number of fused-ring (bicyclic) bond motifs is 3. The largest absolute Gasteiger partial charge is 0.368 e. The summed E-state index contributed by atoms with van der Waals surface area (Å²) in [4.78, 5) is 45.6. The third-order valence-corrected chi connectivity index (χ3v) is 11.8. The summed E-state index contributed by atoms with van der Waals surface area (Å²) in [6.07, 6.45) is 4.90. The number of benzene rings is 1. The lowest BCUT2D eigenvalue weighted by Crippen LogP contribution is -2.52. The number of hydrogen-bond donors (Lipinski definition) is 1. The number of para-hydroxylation sites is 1. The lowest BCUT2D eigenvalue weighted by atomic mass is 9.97. The average molecular weight is 642 g/mol. The number of hydrogen-bond acceptors (Lipinski definition) is 8. The molecule has 0 aliphatic carbocycles. The van der Waals surface area contributed by atoms with Gasteiger partial charge in [0.15, 0.2) is 9.84 Å². The van der Waals surface area contributed by atoms with Gasteiger partial charge in [-0.05, 0) is 69.9 Å². The lowest BCUT2D eigenvalue weighted by molar-refractivity contribution is -0.142. The van der Waals surface area contributed by atoms with Crippen LogP contribution in [0, 0.1) is 0 Å². The van der Waals surface area contributed by atoms with E-state index in [1.54, 1.807) is 10.6 Å². The van der Waals surface area contributed by atoms with Crippen LogP contribution in [-0.4, -0.2) is 121 Å². The molecule has 0 radical (unpaired) electrons. The fourth-order valence-electron chi connectivity index (χ4n) is 7.76. The molecule has 246 valence electrons. The van der Waals surface area contributed by atoms with Crippen LogP contribution in [0.15, 0.2) is 35.1 Å². The first-order valence-corrected chi connectivity index (χ1v) is 18.5. The minimum Gasteiger partial charge on any atom is -0.368 e. The minimum atomic E-state index is -3.24. The van der Waals surface area contributed by atoms with Gasteiger partial charge in [-0.25, -0.2) is 8.42 Å². The Kier molecular flexibility index (Phi) is 9.65. The van der Waals surface area contributed by atoms with E-state index in [2.05, 4.69) is 15.1 Å². The molecule has 12 heteroatoms. The molecule has 2 bridgehead atoms. The summed E-state index contributed by atoms with van der Waals surface area (Å²) in [6, 6.07) is 9.66. The maximum absolute atomic E-state index is 13.4. The van der Waals surface area contributed by atoms with Crippen LogP contribution in [0.25, 0.3) is 10.9 Å². The molecular weight excluding hydrogens is 594 g/mol. The lowest BCUT2D eigenvalue weighted by Gasteiger charge is -2.39. The summed E-state index contributed by atoms with van der Waals surface area (Å²) in [5, 5.41) is 4.01. The number of carbonyl (C=O) groups excluding carboxylic acids is 2. The molecule has 1 aromatic heterocycles. The molecule has 1 aromatic carbocycles. The van der Waals surface area contributed by atoms with Crippen molar-refractivity contribution in [2.45, 2.75) is 82.6 Å². The van der Waals surface area contributed by atoms with Crippen molar-refractivity contribution in [1.29, 1.82) is 0 Å². The summed E-state index contributed by atoms with van der Waals surface area (Å²) in [6.45, 7) is 8.12. The Labute approximate surface area is 265 Å². The molecule has 0 saturated carbocycles. The van der Waals surface area contributed by atoms with Gasteiger partial charge in [0.25, 0.3) is 17.4 Å². The summed E-state index contributed by atoms with van der Waals surface area (Å²) >= 11 is 0. The summed E-state index contributed by atoms with van der Waals surface area (Å²) in [5.74, 6) is -0.0207. The molecule has 2 unspecified atom stereocenters. The smallest absolute Gasteiger partial charge is 0.264 e. The standard InChI is InChI=1S/C33H47N5O6S/c1-23(2)38-29-7-4-3-6-24(29)20-28(32(38)40)31(39)34-25-21-26-9-10-27(22-25)37(26)16-19-45(42,43)18-15-35-11-13-36(14-12-35)33(41)30-8-5-17-44-30/h3-4,6-7,20,23,25-27,30H,5,8-19,21-22H2,1-2H3,(H,34,39)/t25?,26-,27+,30?. The number of nitrogens with one attached hydrogen (secondary N) is 1. The number of aromatic nitrogens is 1. The molecule has 4 fully saturated rings. The van der Waals surface area contributed by atoms with Crippen LogP contribution in [0.2, 0.25) is 0 Å². The normalized spacial score (nSPS) is 26.2. The highest BCUT2D eigenvalue weighted by molar-refractivity contribution is 7.91. The predicted molar refractivity (Wildman–Crippen MR) is 173 cm³/mol. The molecule has 5 heterocycles. The zero-order valence-corrected chi connectivity index (χ0v) is 27.3. The molecule has 4 aliphatic rings. The molecule has 4 saturated heterocycles. The number of pyridine rings is 1. The van der Waals surface area contributed by atoms with Gasteiger partial charge in [0.2, 0.25) is 0 Å². The van der Waals surface area contributed by atoms with Crippen LogP contribution in [0.4, 0.5) is 0 Å². The Morgan fingerprint density at radius 3 is 2.33 bits per heavy atom. The number of sulfone groups is 1. The van der Waals surface area contributed by atoms with Crippen LogP contribution >= 0.6 is 0 Å². The van der Waals surface area contributed by atoms with Crippen LogP contribution in [0.1, 0.15) is 68.8 Å². The van der Waals surface area contributed by atoms with E-state index in [1.165, 1.54) is 0 Å². The van der Waals surface area contributed by atoms with Crippen molar-refractivity contribution in [2.75, 3.05) is 57.4 Å². The van der Waals surface area contributed by atoms with Crippen LogP contribution in [0.3, 0.4) is 0 Å². The Morgan fingerprint density at radius 2 is 1.67 bits per heavy atom. The predicted octanol–water partition coefficient (Wildman–Crippen LogP) is 2.05. The number of piperazine rings is 1. The highest BCUT2D eigenvalue weighted by Crippen LogP contribution is 2.35. The molecular formula is C33H47N5O6S. The van der Waals surface area contributed by atoms with E-state index in [0.717, 1.165) is 49.4 Å². The zero-order valence-electron chi connectivity index (χ0n) is 26.5. The van der Waals surface area contributed by atoms with Gasteiger partial charge < -0.3 is 19.5 Å². The van der Waals surface area contributed by atoms with Gasteiger partial charge in [-0.1, -0.05) is 18.2 Å². The summed E-state index contributed by atoms with van der Waals surface area (Å²) < 4.78 is 33.3. The third-order valence-electron chi connectivity index (χ3n) is 10.2. The molecule has 45 heavy (non-hydrogen) atoms. The first-order chi connectivity index (χ1) is 21.6. The van der Waals surface area contributed by atoms with Gasteiger partial charge in [0, 0.05) is 70.0 Å². The minimum absolute atomic E-state index is 0.0491. The van der Waals surface area contributed by atoms with E-state index >= 15 is 0 Å². The van der Waals surface area contributed by atoms with Crippen molar-refractivity contribution >= 4 is 32.6 Å². The Morgan fingerprint density at radius 1 is 0.978 bits per heavy atom. The number of piperidine rings is 1. The summed E-state index contributed by atoms with van der Waals surface area (Å²) in [7, 11) is -3.24. The fourth-order valence-corrected chi connectivity index (χ4v) is 8.99. The zero-order chi connectivity index (χ0) is 31.7. The van der Waals surface area contributed by atoms with E-state index in [4.69, 9.17) is 4.74 Å². The van der Waals surface area contributed by atoms with Crippen molar-refractivity contribution in [2.24, 2.45) is 0 Å². The maximum Gasteiger partial charge on any atom is 0.264 e. The Bertz CT molecular complexity index is 1550. The van der Waals surface area contributed by atoms with Gasteiger partial charge in [-0.2, -0.15) is 0 Å². The molecule has 6 rings (SSSR count). The number of rotatable bonds is 10. The van der Waals surface area contributed by atoms with Crippen LogP contribution < -0.4 is 10.9 Å². The second kappa shape index (κ2) is 13.5. The average Bonchev–Trinajstić information content (AvgIpc) is 3.64. The Balaban J connectivity index is 0.980. The van der Waals surface area contributed by atoms with Crippen molar-refractivity contribution in [3.63, 3.8) is 0 Å². The number of nitrogens with zero attached hydrogens (tertiary/aromatic N) is 4. The van der Waals surface area contributed by atoms with Crippen molar-refractivity contribution in [1.82, 2.24) is 24.6 Å². The summed E-state index contributed by atoms with van der Waals surface area (Å²) in [5.41, 5.74) is 0.708. The van der Waals surface area contributed by atoms with Gasteiger partial charge in [0.05, 0.1) is 17.0 Å². The molecule has 1 N–H and O–H groups in total. The molecule has 2 amide bonds. The highest BCUT2D eigenvalue weighted by Gasteiger charge is 2.41. The molecule has 2 aromatic rings. The van der Waals surface area contributed by atoms with Crippen LogP contribution in [-0.2, 0) is 19.4 Å². The van der Waals surface area contributed by atoms with E-state index in [-0.39, 0.29) is 64.7 Å². The van der Waals surface area contributed by atoms with Gasteiger partial charge >= 0.3 is 0 Å². The first-order valence-electron chi connectivity index (χ1n) is 16.6. The van der Waals surface area contributed by atoms with Gasteiger partial charge in [0.1, 0.15) is 11.7 Å². The Hall–Kier alpha value is -2.80. The SMILES string of the molecule is CC(C)n1c(=O)c(C(=O)NC2C[C@H]3CC[C@@H](C2)N3CCS(=O)(=O)CCN2CCN(C(=O)C3CCCO3)CC2)cc2ccccc21. The molecule has 4 aliphatic heterocycles. The molecule has 4 atom stereocenters. The van der Waals surface area contributed by atoms with Gasteiger partial charge in [-0.3, -0.25) is 24.2 Å². The second-order valence-electron chi connectivity index (χ2n) is 13.5. The van der Waals surface area contributed by atoms with Gasteiger partial charge in [-0.15, -0.1) is 0 Å². The van der Waals surface area contributed by atoms with E-state index in [0.29, 0.717) is 45.9 Å². The second-order valence-corrected chi connectivity index (χ2v) is 15.8. The van der Waals surface area contributed by atoms with Crippen molar-refractivity contribution in [3.05, 3.63) is 46.2 Å². The van der Waals surface area contributed by atoms with Crippen molar-refractivity contribution in [3.8, 4) is 0 Å². The number of carbonyl (C=O) groups is 2. The number of amides is 2. The fraction of sp³-hybridized carbons (Fsp3) is 0.667. The first kappa shape index (κ1) is 32.2.